The van der Waals surface area contributed by atoms with Gasteiger partial charge in [-0.05, 0) is 42.5 Å². The van der Waals surface area contributed by atoms with Crippen molar-refractivity contribution in [1.29, 1.82) is 0 Å². The van der Waals surface area contributed by atoms with E-state index < -0.39 is 0 Å². The summed E-state index contributed by atoms with van der Waals surface area (Å²) in [5, 5.41) is 4.63. The first kappa shape index (κ1) is 23.5. The van der Waals surface area contributed by atoms with E-state index in [1.54, 1.807) is 0 Å². The number of carbonyl (C=O) groups is 1. The molecule has 1 aliphatic rings. The maximum atomic E-state index is 13.5. The zero-order valence-electron chi connectivity index (χ0n) is 20.0. The van der Waals surface area contributed by atoms with Crippen LogP contribution in [0.1, 0.15) is 41.3 Å². The first-order valence-electron chi connectivity index (χ1n) is 12.4. The van der Waals surface area contributed by atoms with Crippen LogP contribution in [0, 0.1) is 0 Å². The number of piperidine rings is 1. The summed E-state index contributed by atoms with van der Waals surface area (Å²) >= 11 is 6.52. The maximum Gasteiger partial charge on any atom is 0.252 e. The molecule has 1 N–H and O–H groups in total. The summed E-state index contributed by atoms with van der Waals surface area (Å²) in [5.41, 5.74) is 5.62. The van der Waals surface area contributed by atoms with Crippen molar-refractivity contribution >= 4 is 28.4 Å². The lowest BCUT2D eigenvalue weighted by Crippen LogP contribution is -2.44. The number of para-hydroxylation sites is 1. The molecule has 4 aromatic rings. The summed E-state index contributed by atoms with van der Waals surface area (Å²) in [7, 11) is 0. The molecule has 1 aliphatic heterocycles. The van der Waals surface area contributed by atoms with Gasteiger partial charge in [0.15, 0.2) is 0 Å². The molecule has 5 heteroatoms. The number of aryl methyl sites for hydroxylation is 1. The minimum absolute atomic E-state index is 0.0624. The molecule has 2 heterocycles. The van der Waals surface area contributed by atoms with Crippen molar-refractivity contribution in [1.82, 2.24) is 15.2 Å². The van der Waals surface area contributed by atoms with Gasteiger partial charge in [-0.2, -0.15) is 0 Å². The topological polar surface area (TPSA) is 45.2 Å². The largest absolute Gasteiger partial charge is 0.349 e. The molecular weight excluding hydrogens is 454 g/mol. The number of benzene rings is 3. The van der Waals surface area contributed by atoms with Crippen molar-refractivity contribution in [2.45, 2.75) is 38.8 Å². The lowest BCUT2D eigenvalue weighted by molar-refractivity contribution is 0.0910. The number of hydrogen-bond donors (Lipinski definition) is 1. The van der Waals surface area contributed by atoms with Crippen molar-refractivity contribution < 1.29 is 4.79 Å². The van der Waals surface area contributed by atoms with Crippen LogP contribution >= 0.6 is 11.6 Å². The number of fused-ring (bicyclic) bond motifs is 1. The van der Waals surface area contributed by atoms with E-state index in [1.165, 1.54) is 11.1 Å². The number of nitrogens with zero attached hydrogens (tertiary/aromatic N) is 2. The van der Waals surface area contributed by atoms with Crippen molar-refractivity contribution in [2.24, 2.45) is 0 Å². The Morgan fingerprint density at radius 3 is 2.43 bits per heavy atom. The highest BCUT2D eigenvalue weighted by molar-refractivity contribution is 6.35. The normalized spacial score (nSPS) is 14.8. The number of likely N-dealkylation sites (tertiary alicyclic amines) is 1. The smallest absolute Gasteiger partial charge is 0.252 e. The van der Waals surface area contributed by atoms with E-state index in [-0.39, 0.29) is 11.9 Å². The second-order valence-corrected chi connectivity index (χ2v) is 9.66. The van der Waals surface area contributed by atoms with Gasteiger partial charge in [-0.15, -0.1) is 0 Å². The number of pyridine rings is 1. The van der Waals surface area contributed by atoms with Gasteiger partial charge in [-0.1, -0.05) is 85.3 Å². The molecule has 1 aromatic heterocycles. The summed E-state index contributed by atoms with van der Waals surface area (Å²) in [6, 6.07) is 26.6. The van der Waals surface area contributed by atoms with Crippen molar-refractivity contribution in [3.8, 4) is 11.3 Å². The molecule has 0 aliphatic carbocycles. The van der Waals surface area contributed by atoms with Crippen LogP contribution in [-0.2, 0) is 13.0 Å². The number of rotatable bonds is 6. The first-order chi connectivity index (χ1) is 17.1. The quantitative estimate of drug-likeness (QED) is 0.340. The Kier molecular flexibility index (Phi) is 7.12. The van der Waals surface area contributed by atoms with E-state index in [1.807, 2.05) is 30.3 Å². The highest BCUT2D eigenvalue weighted by Crippen LogP contribution is 2.29. The molecule has 0 spiro atoms. The van der Waals surface area contributed by atoms with Gasteiger partial charge in [-0.25, -0.2) is 4.98 Å². The van der Waals surface area contributed by atoms with Gasteiger partial charge in [0.1, 0.15) is 0 Å². The van der Waals surface area contributed by atoms with Crippen LogP contribution in [0.25, 0.3) is 22.2 Å². The van der Waals surface area contributed by atoms with Gasteiger partial charge in [0.25, 0.3) is 5.91 Å². The lowest BCUT2D eigenvalue weighted by atomic mass is 10.0. The Morgan fingerprint density at radius 1 is 0.971 bits per heavy atom. The average Bonchev–Trinajstić information content (AvgIpc) is 2.90. The van der Waals surface area contributed by atoms with E-state index in [4.69, 9.17) is 16.6 Å². The summed E-state index contributed by atoms with van der Waals surface area (Å²) in [5.74, 6) is -0.0624. The summed E-state index contributed by atoms with van der Waals surface area (Å²) in [6.45, 7) is 5.03. The van der Waals surface area contributed by atoms with E-state index in [2.05, 4.69) is 65.7 Å². The zero-order chi connectivity index (χ0) is 24.2. The standard InChI is InChI=1S/C30H30ClN3O/c1-2-21-11-13-23(14-12-21)28-19-26(25-9-6-10-27(31)29(25)33-28)30(35)32-24-15-17-34(18-16-24)20-22-7-4-3-5-8-22/h3-14,19,24H,2,15-18,20H2,1H3,(H,32,35). The summed E-state index contributed by atoms with van der Waals surface area (Å²) < 4.78 is 0. The number of amides is 1. The van der Waals surface area contributed by atoms with Crippen LogP contribution in [0.2, 0.25) is 5.02 Å². The third-order valence-electron chi connectivity index (χ3n) is 6.86. The molecule has 3 aromatic carbocycles. The number of hydrogen-bond acceptors (Lipinski definition) is 3. The fourth-order valence-electron chi connectivity index (χ4n) is 4.80. The van der Waals surface area contributed by atoms with Crippen LogP contribution in [0.3, 0.4) is 0 Å². The Hall–Kier alpha value is -3.21. The summed E-state index contributed by atoms with van der Waals surface area (Å²) in [6.07, 6.45) is 2.86. The van der Waals surface area contributed by atoms with Gasteiger partial charge in [0.05, 0.1) is 21.8 Å². The molecule has 4 nitrogen and oxygen atoms in total. The second kappa shape index (κ2) is 10.6. The number of nitrogens with one attached hydrogen (secondary N) is 1. The van der Waals surface area contributed by atoms with Crippen LogP contribution in [0.4, 0.5) is 0 Å². The second-order valence-electron chi connectivity index (χ2n) is 9.25. The van der Waals surface area contributed by atoms with Crippen molar-refractivity contribution in [3.63, 3.8) is 0 Å². The predicted molar refractivity (Wildman–Crippen MR) is 144 cm³/mol. The number of carbonyl (C=O) groups excluding carboxylic acids is 1. The molecule has 0 atom stereocenters. The molecule has 5 rings (SSSR count). The fraction of sp³-hybridized carbons (Fsp3) is 0.267. The van der Waals surface area contributed by atoms with E-state index in [9.17, 15) is 4.79 Å². The van der Waals surface area contributed by atoms with Crippen LogP contribution in [0.15, 0.2) is 78.9 Å². The predicted octanol–water partition coefficient (Wildman–Crippen LogP) is 6.51. The Labute approximate surface area is 212 Å². The minimum Gasteiger partial charge on any atom is -0.349 e. The molecule has 0 saturated carbocycles. The van der Waals surface area contributed by atoms with E-state index in [0.717, 1.165) is 55.5 Å². The average molecular weight is 484 g/mol. The van der Waals surface area contributed by atoms with Gasteiger partial charge in [0, 0.05) is 36.6 Å². The number of aromatic nitrogens is 1. The third-order valence-corrected chi connectivity index (χ3v) is 7.17. The third kappa shape index (κ3) is 5.39. The highest BCUT2D eigenvalue weighted by Gasteiger charge is 2.23. The van der Waals surface area contributed by atoms with Crippen molar-refractivity contribution in [3.05, 3.63) is 101 Å². The first-order valence-corrected chi connectivity index (χ1v) is 12.7. The van der Waals surface area contributed by atoms with E-state index in [0.29, 0.717) is 16.1 Å². The molecule has 0 radical (unpaired) electrons. The molecule has 35 heavy (non-hydrogen) atoms. The molecule has 1 fully saturated rings. The van der Waals surface area contributed by atoms with Crippen molar-refractivity contribution in [2.75, 3.05) is 13.1 Å². The number of halogens is 1. The lowest BCUT2D eigenvalue weighted by Gasteiger charge is -2.32. The zero-order valence-corrected chi connectivity index (χ0v) is 20.8. The Morgan fingerprint density at radius 2 is 1.71 bits per heavy atom. The van der Waals surface area contributed by atoms with Crippen LogP contribution in [0.5, 0.6) is 0 Å². The molecule has 1 saturated heterocycles. The molecule has 178 valence electrons. The molecule has 0 unspecified atom stereocenters. The van der Waals surface area contributed by atoms with Crippen LogP contribution in [-0.4, -0.2) is 34.9 Å². The monoisotopic (exact) mass is 483 g/mol. The Balaban J connectivity index is 1.35. The Bertz CT molecular complexity index is 1310. The molecular formula is C30H30ClN3O. The summed E-state index contributed by atoms with van der Waals surface area (Å²) in [4.78, 5) is 20.8. The van der Waals surface area contributed by atoms with E-state index >= 15 is 0 Å². The van der Waals surface area contributed by atoms with Gasteiger partial charge in [0.2, 0.25) is 0 Å². The maximum absolute atomic E-state index is 13.5. The van der Waals surface area contributed by atoms with Gasteiger partial charge >= 0.3 is 0 Å². The fourth-order valence-corrected chi connectivity index (χ4v) is 5.02. The SMILES string of the molecule is CCc1ccc(-c2cc(C(=O)NC3CCN(Cc4ccccc4)CC3)c3cccc(Cl)c3n2)cc1. The van der Waals surface area contributed by atoms with Gasteiger partial charge < -0.3 is 5.32 Å². The van der Waals surface area contributed by atoms with Crippen LogP contribution < -0.4 is 5.32 Å². The molecule has 0 bridgehead atoms. The molecule has 1 amide bonds. The highest BCUT2D eigenvalue weighted by atomic mass is 35.5. The minimum atomic E-state index is -0.0624. The van der Waals surface area contributed by atoms with Gasteiger partial charge in [-0.3, -0.25) is 9.69 Å².